The zero-order chi connectivity index (χ0) is 28.9. The average molecular weight is 585 g/mol. The van der Waals surface area contributed by atoms with Crippen molar-refractivity contribution in [3.05, 3.63) is 137 Å². The Kier molecular flexibility index (Phi) is 8.33. The zero-order valence-corrected chi connectivity index (χ0v) is 22.9. The van der Waals surface area contributed by atoms with Crippen molar-refractivity contribution in [2.75, 3.05) is 10.6 Å². The lowest BCUT2D eigenvalue weighted by Crippen LogP contribution is -2.19. The Balaban J connectivity index is 1.35. The van der Waals surface area contributed by atoms with Crippen LogP contribution in [-0.4, -0.2) is 22.9 Å². The van der Waals surface area contributed by atoms with Crippen molar-refractivity contribution < 1.29 is 23.9 Å². The number of carboxylic acid groups (broad SMARTS) is 1. The van der Waals surface area contributed by atoms with Crippen molar-refractivity contribution in [3.8, 4) is 0 Å². The summed E-state index contributed by atoms with van der Waals surface area (Å²) in [5.41, 5.74) is 1.95. The van der Waals surface area contributed by atoms with Crippen LogP contribution in [0.3, 0.4) is 0 Å². The van der Waals surface area contributed by atoms with Crippen molar-refractivity contribution in [1.29, 1.82) is 0 Å². The summed E-state index contributed by atoms with van der Waals surface area (Å²) < 4.78 is 13.6. The van der Waals surface area contributed by atoms with Crippen molar-refractivity contribution in [2.24, 2.45) is 0 Å². The topological polar surface area (TPSA) is 95.5 Å². The van der Waals surface area contributed by atoms with Gasteiger partial charge in [0.2, 0.25) is 5.91 Å². The van der Waals surface area contributed by atoms with Crippen LogP contribution >= 0.6 is 23.4 Å². The fourth-order valence-corrected chi connectivity index (χ4v) is 5.55. The molecule has 0 aromatic heterocycles. The molecule has 0 saturated carbocycles. The SMILES string of the molecule is O=C(O)c1cccc2cccc(C(=O)Nc3ccc(SC(C(=O)Nc4ccc(F)c(Cl)c4)c4ccccc4)cc3)c12. The highest BCUT2D eigenvalue weighted by molar-refractivity contribution is 8.00. The first-order valence-corrected chi connectivity index (χ1v) is 13.7. The molecule has 0 aliphatic rings. The van der Waals surface area contributed by atoms with Gasteiger partial charge in [-0.25, -0.2) is 9.18 Å². The van der Waals surface area contributed by atoms with E-state index in [1.807, 2.05) is 30.3 Å². The number of halogens is 2. The second kappa shape index (κ2) is 12.2. The van der Waals surface area contributed by atoms with E-state index in [2.05, 4.69) is 10.6 Å². The molecule has 0 aliphatic carbocycles. The second-order valence-electron chi connectivity index (χ2n) is 9.02. The maximum atomic E-state index is 13.6. The Morgan fingerprint density at radius 2 is 1.41 bits per heavy atom. The standard InChI is InChI=1S/C32H22ClFN2O4S/c33-26-18-22(14-17-27(26)34)36-31(38)29(20-6-2-1-3-7-20)41-23-15-12-21(13-16-23)35-30(37)24-10-4-8-19-9-5-11-25(28(19)24)32(39)40/h1-18,29H,(H,35,37)(H,36,38)(H,39,40). The first kappa shape index (κ1) is 27.9. The molecule has 204 valence electrons. The summed E-state index contributed by atoms with van der Waals surface area (Å²) in [4.78, 5) is 39.0. The van der Waals surface area contributed by atoms with Crippen LogP contribution < -0.4 is 10.6 Å². The Labute approximate surface area is 244 Å². The summed E-state index contributed by atoms with van der Waals surface area (Å²) in [6.07, 6.45) is 0. The highest BCUT2D eigenvalue weighted by Gasteiger charge is 2.23. The number of rotatable bonds is 8. The molecule has 5 aromatic rings. The van der Waals surface area contributed by atoms with E-state index in [0.29, 0.717) is 22.1 Å². The van der Waals surface area contributed by atoms with E-state index in [1.54, 1.807) is 54.6 Å². The summed E-state index contributed by atoms with van der Waals surface area (Å²) in [6, 6.07) is 30.1. The third-order valence-corrected chi connectivity index (χ3v) is 7.83. The first-order chi connectivity index (χ1) is 19.8. The van der Waals surface area contributed by atoms with E-state index in [1.165, 1.54) is 36.0 Å². The Morgan fingerprint density at radius 1 is 0.756 bits per heavy atom. The average Bonchev–Trinajstić information content (AvgIpc) is 2.98. The van der Waals surface area contributed by atoms with Crippen LogP contribution in [0.15, 0.2) is 114 Å². The smallest absolute Gasteiger partial charge is 0.336 e. The van der Waals surface area contributed by atoms with E-state index < -0.39 is 22.9 Å². The molecule has 1 unspecified atom stereocenters. The minimum Gasteiger partial charge on any atom is -0.478 e. The number of amides is 2. The summed E-state index contributed by atoms with van der Waals surface area (Å²) in [5.74, 6) is -2.44. The van der Waals surface area contributed by atoms with Crippen LogP contribution in [0.1, 0.15) is 31.5 Å². The van der Waals surface area contributed by atoms with Gasteiger partial charge in [-0.1, -0.05) is 66.2 Å². The third kappa shape index (κ3) is 6.40. The third-order valence-electron chi connectivity index (χ3n) is 6.27. The van der Waals surface area contributed by atoms with Gasteiger partial charge in [0.1, 0.15) is 11.1 Å². The molecule has 0 fully saturated rings. The van der Waals surface area contributed by atoms with E-state index in [4.69, 9.17) is 11.6 Å². The monoisotopic (exact) mass is 584 g/mol. The number of carbonyl (C=O) groups excluding carboxylic acids is 2. The zero-order valence-electron chi connectivity index (χ0n) is 21.3. The molecular formula is C32H22ClFN2O4S. The van der Waals surface area contributed by atoms with Crippen molar-refractivity contribution in [3.63, 3.8) is 0 Å². The molecule has 0 heterocycles. The summed E-state index contributed by atoms with van der Waals surface area (Å²) in [7, 11) is 0. The predicted octanol–water partition coefficient (Wildman–Crippen LogP) is 8.05. The molecule has 0 aliphatic heterocycles. The molecule has 0 bridgehead atoms. The maximum absolute atomic E-state index is 13.6. The van der Waals surface area contributed by atoms with Gasteiger partial charge in [0.05, 0.1) is 10.6 Å². The number of aromatic carboxylic acids is 1. The van der Waals surface area contributed by atoms with E-state index in [-0.39, 0.29) is 22.1 Å². The number of hydrogen-bond acceptors (Lipinski definition) is 4. The molecule has 0 saturated heterocycles. The molecule has 9 heteroatoms. The fraction of sp³-hybridized carbons (Fsp3) is 0.0312. The lowest BCUT2D eigenvalue weighted by molar-refractivity contribution is -0.115. The van der Waals surface area contributed by atoms with Crippen LogP contribution in [0.4, 0.5) is 15.8 Å². The van der Waals surface area contributed by atoms with E-state index in [9.17, 15) is 23.9 Å². The second-order valence-corrected chi connectivity index (χ2v) is 10.6. The minimum atomic E-state index is -1.11. The van der Waals surface area contributed by atoms with Crippen molar-refractivity contribution in [2.45, 2.75) is 10.1 Å². The highest BCUT2D eigenvalue weighted by atomic mass is 35.5. The Bertz CT molecular complexity index is 1760. The number of benzene rings is 5. The molecule has 2 amide bonds. The Hall–Kier alpha value is -4.66. The number of fused-ring (bicyclic) bond motifs is 1. The first-order valence-electron chi connectivity index (χ1n) is 12.4. The lowest BCUT2D eigenvalue weighted by Gasteiger charge is -2.18. The van der Waals surface area contributed by atoms with E-state index >= 15 is 0 Å². The van der Waals surface area contributed by atoms with Crippen LogP contribution in [0.5, 0.6) is 0 Å². The maximum Gasteiger partial charge on any atom is 0.336 e. The van der Waals surface area contributed by atoms with Gasteiger partial charge in [-0.3, -0.25) is 9.59 Å². The highest BCUT2D eigenvalue weighted by Crippen LogP contribution is 2.37. The number of carbonyl (C=O) groups is 3. The van der Waals surface area contributed by atoms with Gasteiger partial charge < -0.3 is 15.7 Å². The van der Waals surface area contributed by atoms with E-state index in [0.717, 1.165) is 10.5 Å². The molecule has 5 aromatic carbocycles. The molecule has 5 rings (SSSR count). The Morgan fingerprint density at radius 3 is 2.07 bits per heavy atom. The van der Waals surface area contributed by atoms with Crippen LogP contribution in [0.2, 0.25) is 5.02 Å². The fourth-order valence-electron chi connectivity index (χ4n) is 4.34. The molecule has 1 atom stereocenters. The van der Waals surface area contributed by atoms with Crippen LogP contribution in [0, 0.1) is 5.82 Å². The van der Waals surface area contributed by atoms with Crippen LogP contribution in [-0.2, 0) is 4.79 Å². The normalized spacial score (nSPS) is 11.6. The number of hydrogen-bond donors (Lipinski definition) is 3. The van der Waals surface area contributed by atoms with Crippen LogP contribution in [0.25, 0.3) is 10.8 Å². The van der Waals surface area contributed by atoms with Gasteiger partial charge >= 0.3 is 5.97 Å². The number of thioether (sulfide) groups is 1. The number of nitrogens with one attached hydrogen (secondary N) is 2. The molecule has 0 spiro atoms. The van der Waals surface area contributed by atoms with Crippen molar-refractivity contribution >= 4 is 63.3 Å². The summed E-state index contributed by atoms with van der Waals surface area (Å²) in [5, 5.41) is 15.6. The number of anilines is 2. The van der Waals surface area contributed by atoms with Gasteiger partial charge in [-0.2, -0.15) is 0 Å². The van der Waals surface area contributed by atoms with Gasteiger partial charge in [-0.05, 0) is 65.5 Å². The predicted molar refractivity (Wildman–Crippen MR) is 160 cm³/mol. The van der Waals surface area contributed by atoms with Gasteiger partial charge in [-0.15, -0.1) is 11.8 Å². The summed E-state index contributed by atoms with van der Waals surface area (Å²) >= 11 is 7.19. The quantitative estimate of drug-likeness (QED) is 0.160. The van der Waals surface area contributed by atoms with Crippen molar-refractivity contribution in [1.82, 2.24) is 0 Å². The molecular weight excluding hydrogens is 563 g/mol. The largest absolute Gasteiger partial charge is 0.478 e. The summed E-state index contributed by atoms with van der Waals surface area (Å²) in [6.45, 7) is 0. The number of carboxylic acids is 1. The van der Waals surface area contributed by atoms with Gasteiger partial charge in [0.25, 0.3) is 5.91 Å². The van der Waals surface area contributed by atoms with Gasteiger partial charge in [0, 0.05) is 27.2 Å². The van der Waals surface area contributed by atoms with Gasteiger partial charge in [0.15, 0.2) is 0 Å². The minimum absolute atomic E-state index is 0.0492. The molecule has 6 nitrogen and oxygen atoms in total. The lowest BCUT2D eigenvalue weighted by atomic mass is 9.98. The molecule has 41 heavy (non-hydrogen) atoms. The molecule has 3 N–H and O–H groups in total. The molecule has 0 radical (unpaired) electrons.